The lowest BCUT2D eigenvalue weighted by Crippen LogP contribution is -2.27. The van der Waals surface area contributed by atoms with E-state index in [0.717, 1.165) is 19.4 Å². The number of nitrogens with one attached hydrogen (secondary N) is 1. The molecule has 0 spiro atoms. The van der Waals surface area contributed by atoms with Crippen molar-refractivity contribution < 1.29 is 9.59 Å². The molecule has 0 saturated heterocycles. The van der Waals surface area contributed by atoms with Gasteiger partial charge in [-0.2, -0.15) is 0 Å². The van der Waals surface area contributed by atoms with Crippen molar-refractivity contribution in [2.45, 2.75) is 26.7 Å². The van der Waals surface area contributed by atoms with E-state index in [0.29, 0.717) is 11.3 Å². The molecule has 1 rings (SSSR count). The topological polar surface area (TPSA) is 49.4 Å². The van der Waals surface area contributed by atoms with Crippen molar-refractivity contribution in [3.05, 3.63) is 29.8 Å². The Morgan fingerprint density at radius 1 is 1.33 bits per heavy atom. The van der Waals surface area contributed by atoms with E-state index in [1.807, 2.05) is 0 Å². The summed E-state index contributed by atoms with van der Waals surface area (Å²) in [5, 5.41) is 2.67. The minimum Gasteiger partial charge on any atom is -0.342 e. The average molecular weight is 248 g/mol. The van der Waals surface area contributed by atoms with Gasteiger partial charge in [-0.05, 0) is 24.6 Å². The highest BCUT2D eigenvalue weighted by molar-refractivity contribution is 5.96. The van der Waals surface area contributed by atoms with E-state index in [-0.39, 0.29) is 11.8 Å². The molecule has 1 aromatic rings. The van der Waals surface area contributed by atoms with Crippen LogP contribution in [0.15, 0.2) is 24.3 Å². The summed E-state index contributed by atoms with van der Waals surface area (Å²) >= 11 is 0. The highest BCUT2D eigenvalue weighted by Crippen LogP contribution is 2.12. The van der Waals surface area contributed by atoms with E-state index in [4.69, 9.17) is 0 Å². The van der Waals surface area contributed by atoms with Crippen molar-refractivity contribution in [3.8, 4) is 0 Å². The maximum atomic E-state index is 12.1. The second-order valence-electron chi connectivity index (χ2n) is 4.34. The van der Waals surface area contributed by atoms with Gasteiger partial charge in [0.25, 0.3) is 5.91 Å². The Hall–Kier alpha value is -1.84. The third kappa shape index (κ3) is 4.20. The molecule has 98 valence electrons. The van der Waals surface area contributed by atoms with Crippen LogP contribution in [0, 0.1) is 0 Å². The molecular formula is C14H20N2O2. The van der Waals surface area contributed by atoms with Crippen LogP contribution in [-0.2, 0) is 4.79 Å². The number of carbonyl (C=O) groups is 2. The predicted octanol–water partition coefficient (Wildman–Crippen LogP) is 2.52. The Kier molecular flexibility index (Phi) is 5.36. The lowest BCUT2D eigenvalue weighted by atomic mass is 10.1. The summed E-state index contributed by atoms with van der Waals surface area (Å²) in [4.78, 5) is 24.8. The third-order valence-electron chi connectivity index (χ3n) is 2.62. The Morgan fingerprint density at radius 3 is 2.67 bits per heavy atom. The maximum Gasteiger partial charge on any atom is 0.253 e. The Bertz CT molecular complexity index is 430. The van der Waals surface area contributed by atoms with Crippen molar-refractivity contribution >= 4 is 17.5 Å². The molecule has 0 radical (unpaired) electrons. The Labute approximate surface area is 108 Å². The van der Waals surface area contributed by atoms with E-state index >= 15 is 0 Å². The fourth-order valence-corrected chi connectivity index (χ4v) is 1.65. The van der Waals surface area contributed by atoms with Gasteiger partial charge in [-0.1, -0.05) is 19.4 Å². The zero-order chi connectivity index (χ0) is 13.5. The molecule has 0 bridgehead atoms. The first-order valence-electron chi connectivity index (χ1n) is 6.17. The van der Waals surface area contributed by atoms with E-state index in [1.165, 1.54) is 6.92 Å². The number of nitrogens with zero attached hydrogens (tertiary/aromatic N) is 1. The molecule has 0 aliphatic heterocycles. The molecule has 4 nitrogen and oxygen atoms in total. The SMILES string of the molecule is CCCCN(C)C(=O)c1cccc(NC(C)=O)c1. The Balaban J connectivity index is 2.76. The first kappa shape index (κ1) is 14.2. The van der Waals surface area contributed by atoms with Gasteiger partial charge in [0.15, 0.2) is 0 Å². The van der Waals surface area contributed by atoms with Crippen molar-refractivity contribution in [1.29, 1.82) is 0 Å². The zero-order valence-corrected chi connectivity index (χ0v) is 11.2. The molecular weight excluding hydrogens is 228 g/mol. The van der Waals surface area contributed by atoms with E-state index in [9.17, 15) is 9.59 Å². The normalized spacial score (nSPS) is 9.94. The lowest BCUT2D eigenvalue weighted by Gasteiger charge is -2.17. The predicted molar refractivity (Wildman–Crippen MR) is 72.6 cm³/mol. The van der Waals surface area contributed by atoms with Gasteiger partial charge in [0, 0.05) is 31.8 Å². The minimum absolute atomic E-state index is 0.0179. The smallest absolute Gasteiger partial charge is 0.253 e. The molecule has 0 atom stereocenters. The fourth-order valence-electron chi connectivity index (χ4n) is 1.65. The monoisotopic (exact) mass is 248 g/mol. The number of hydrogen-bond acceptors (Lipinski definition) is 2. The van der Waals surface area contributed by atoms with Crippen LogP contribution in [0.1, 0.15) is 37.0 Å². The summed E-state index contributed by atoms with van der Waals surface area (Å²) in [5.74, 6) is -0.158. The van der Waals surface area contributed by atoms with Gasteiger partial charge >= 0.3 is 0 Å². The number of carbonyl (C=O) groups excluding carboxylic acids is 2. The summed E-state index contributed by atoms with van der Waals surface area (Å²) in [6.45, 7) is 4.29. The zero-order valence-electron chi connectivity index (χ0n) is 11.2. The highest BCUT2D eigenvalue weighted by Gasteiger charge is 2.11. The molecule has 0 aliphatic carbocycles. The molecule has 0 heterocycles. The van der Waals surface area contributed by atoms with Crippen LogP contribution < -0.4 is 5.32 Å². The van der Waals surface area contributed by atoms with Gasteiger partial charge in [-0.25, -0.2) is 0 Å². The quantitative estimate of drug-likeness (QED) is 0.870. The van der Waals surface area contributed by atoms with Gasteiger partial charge in [0.05, 0.1) is 0 Å². The first-order chi connectivity index (χ1) is 8.54. The second kappa shape index (κ2) is 6.79. The van der Waals surface area contributed by atoms with Gasteiger partial charge in [0.2, 0.25) is 5.91 Å². The van der Waals surface area contributed by atoms with Crippen molar-refractivity contribution in [2.24, 2.45) is 0 Å². The number of hydrogen-bond donors (Lipinski definition) is 1. The largest absolute Gasteiger partial charge is 0.342 e. The molecule has 4 heteroatoms. The molecule has 2 amide bonds. The summed E-state index contributed by atoms with van der Waals surface area (Å²) in [5.41, 5.74) is 1.25. The summed E-state index contributed by atoms with van der Waals surface area (Å²) in [6, 6.07) is 7.00. The van der Waals surface area contributed by atoms with E-state index < -0.39 is 0 Å². The van der Waals surface area contributed by atoms with Gasteiger partial charge in [-0.15, -0.1) is 0 Å². The fraction of sp³-hybridized carbons (Fsp3) is 0.429. The first-order valence-corrected chi connectivity index (χ1v) is 6.17. The number of unbranched alkanes of at least 4 members (excludes halogenated alkanes) is 1. The molecule has 1 N–H and O–H groups in total. The van der Waals surface area contributed by atoms with Crippen LogP contribution >= 0.6 is 0 Å². The van der Waals surface area contributed by atoms with Gasteiger partial charge in [0.1, 0.15) is 0 Å². The lowest BCUT2D eigenvalue weighted by molar-refractivity contribution is -0.114. The maximum absolute atomic E-state index is 12.1. The number of anilines is 1. The second-order valence-corrected chi connectivity index (χ2v) is 4.34. The molecule has 0 saturated carbocycles. The van der Waals surface area contributed by atoms with Crippen LogP contribution in [0.3, 0.4) is 0 Å². The van der Waals surface area contributed by atoms with Crippen LogP contribution in [-0.4, -0.2) is 30.3 Å². The summed E-state index contributed by atoms with van der Waals surface area (Å²) in [6.07, 6.45) is 2.05. The highest BCUT2D eigenvalue weighted by atomic mass is 16.2. The summed E-state index contributed by atoms with van der Waals surface area (Å²) in [7, 11) is 1.79. The Morgan fingerprint density at radius 2 is 2.06 bits per heavy atom. The molecule has 1 aromatic carbocycles. The van der Waals surface area contributed by atoms with Crippen LogP contribution in [0.25, 0.3) is 0 Å². The molecule has 0 unspecified atom stereocenters. The number of benzene rings is 1. The molecule has 0 aliphatic rings. The number of amides is 2. The minimum atomic E-state index is -0.140. The number of rotatable bonds is 5. The van der Waals surface area contributed by atoms with E-state index in [2.05, 4.69) is 12.2 Å². The van der Waals surface area contributed by atoms with Crippen LogP contribution in [0.5, 0.6) is 0 Å². The standard InChI is InChI=1S/C14H20N2O2/c1-4-5-9-16(3)14(18)12-7-6-8-13(10-12)15-11(2)17/h6-8,10H,4-5,9H2,1-3H3,(H,15,17). The average Bonchev–Trinajstić information content (AvgIpc) is 2.34. The van der Waals surface area contributed by atoms with Gasteiger partial charge in [-0.3, -0.25) is 9.59 Å². The summed E-state index contributed by atoms with van der Waals surface area (Å²) < 4.78 is 0. The van der Waals surface area contributed by atoms with Crippen LogP contribution in [0.4, 0.5) is 5.69 Å². The third-order valence-corrected chi connectivity index (χ3v) is 2.62. The van der Waals surface area contributed by atoms with Crippen molar-refractivity contribution in [2.75, 3.05) is 18.9 Å². The van der Waals surface area contributed by atoms with Crippen molar-refractivity contribution in [1.82, 2.24) is 4.90 Å². The molecule has 0 fully saturated rings. The van der Waals surface area contributed by atoms with E-state index in [1.54, 1.807) is 36.2 Å². The van der Waals surface area contributed by atoms with Crippen LogP contribution in [0.2, 0.25) is 0 Å². The van der Waals surface area contributed by atoms with Crippen molar-refractivity contribution in [3.63, 3.8) is 0 Å². The van der Waals surface area contributed by atoms with Gasteiger partial charge < -0.3 is 10.2 Å². The molecule has 18 heavy (non-hydrogen) atoms. The molecule has 0 aromatic heterocycles.